The van der Waals surface area contributed by atoms with Gasteiger partial charge in [-0.3, -0.25) is 4.79 Å². The van der Waals surface area contributed by atoms with E-state index in [9.17, 15) is 18.0 Å². The summed E-state index contributed by atoms with van der Waals surface area (Å²) >= 11 is 5.76. The number of rotatable bonds is 5. The number of carbonyl (C=O) groups is 1. The van der Waals surface area contributed by atoms with Gasteiger partial charge in [-0.15, -0.1) is 0 Å². The molecular weight excluding hydrogens is 269 g/mol. The van der Waals surface area contributed by atoms with E-state index in [1.54, 1.807) is 0 Å². The number of Topliss-reactive ketones (excluding diaryl/α,β-unsaturated/α-hetero) is 1. The van der Waals surface area contributed by atoms with Crippen LogP contribution in [0.4, 0.5) is 13.2 Å². The third kappa shape index (κ3) is 3.91. The minimum Gasteiger partial charge on any atom is -0.492 e. The van der Waals surface area contributed by atoms with E-state index in [2.05, 4.69) is 0 Å². The molecule has 100 valence electrons. The highest BCUT2D eigenvalue weighted by Gasteiger charge is 2.39. The van der Waals surface area contributed by atoms with Gasteiger partial charge < -0.3 is 4.74 Å². The lowest BCUT2D eigenvalue weighted by Crippen LogP contribution is -2.22. The van der Waals surface area contributed by atoms with Crippen molar-refractivity contribution < 1.29 is 22.7 Å². The summed E-state index contributed by atoms with van der Waals surface area (Å²) < 4.78 is 41.8. The first-order valence-electron chi connectivity index (χ1n) is 5.40. The summed E-state index contributed by atoms with van der Waals surface area (Å²) in [5.74, 6) is -1.63. The molecular formula is C12H12ClF3O2. The third-order valence-electron chi connectivity index (χ3n) is 2.21. The lowest BCUT2D eigenvalue weighted by atomic mass is 10.1. The van der Waals surface area contributed by atoms with E-state index in [1.165, 1.54) is 6.07 Å². The molecule has 0 spiro atoms. The molecule has 0 aliphatic heterocycles. The fourth-order valence-corrected chi connectivity index (χ4v) is 1.48. The van der Waals surface area contributed by atoms with Crippen LogP contribution in [0.5, 0.6) is 5.75 Å². The fourth-order valence-electron chi connectivity index (χ4n) is 1.25. The molecule has 0 atom stereocenters. The van der Waals surface area contributed by atoms with Gasteiger partial charge in [0.15, 0.2) is 0 Å². The number of unbranched alkanes of at least 4 members (excludes halogenated alkanes) is 1. The second-order valence-corrected chi connectivity index (χ2v) is 4.08. The molecule has 2 nitrogen and oxygen atoms in total. The average Bonchev–Trinajstić information content (AvgIpc) is 2.29. The van der Waals surface area contributed by atoms with Crippen molar-refractivity contribution in [3.05, 3.63) is 28.8 Å². The Labute approximate surface area is 108 Å². The Hall–Kier alpha value is -1.23. The SMILES string of the molecule is CCCCOc1ccc(C(=O)C(F)(F)F)cc1Cl. The van der Waals surface area contributed by atoms with Gasteiger partial charge in [0, 0.05) is 5.56 Å². The van der Waals surface area contributed by atoms with E-state index in [0.717, 1.165) is 25.0 Å². The first-order chi connectivity index (χ1) is 8.36. The van der Waals surface area contributed by atoms with Crippen molar-refractivity contribution in [2.24, 2.45) is 0 Å². The summed E-state index contributed by atoms with van der Waals surface area (Å²) in [6.07, 6.45) is -3.14. The lowest BCUT2D eigenvalue weighted by molar-refractivity contribution is -0.0885. The molecule has 0 fully saturated rings. The maximum atomic E-state index is 12.2. The summed E-state index contributed by atoms with van der Waals surface area (Å²) in [6, 6.07) is 3.30. The van der Waals surface area contributed by atoms with Crippen LogP contribution in [0.3, 0.4) is 0 Å². The van der Waals surface area contributed by atoms with Gasteiger partial charge in [0.25, 0.3) is 5.78 Å². The monoisotopic (exact) mass is 280 g/mol. The number of hydrogen-bond donors (Lipinski definition) is 0. The van der Waals surface area contributed by atoms with Crippen LogP contribution in [0.25, 0.3) is 0 Å². The van der Waals surface area contributed by atoms with Crippen molar-refractivity contribution in [3.63, 3.8) is 0 Å². The molecule has 0 bridgehead atoms. The van der Waals surface area contributed by atoms with Crippen LogP contribution in [-0.2, 0) is 0 Å². The van der Waals surface area contributed by atoms with Crippen LogP contribution < -0.4 is 4.74 Å². The van der Waals surface area contributed by atoms with Crippen LogP contribution in [0.2, 0.25) is 5.02 Å². The zero-order valence-corrected chi connectivity index (χ0v) is 10.4. The van der Waals surface area contributed by atoms with Crippen molar-refractivity contribution in [1.82, 2.24) is 0 Å². The molecule has 0 unspecified atom stereocenters. The Kier molecular flexibility index (Phi) is 5.02. The summed E-state index contributed by atoms with van der Waals surface area (Å²) in [5.41, 5.74) is -0.490. The highest BCUT2D eigenvalue weighted by Crippen LogP contribution is 2.29. The van der Waals surface area contributed by atoms with Gasteiger partial charge in [0.1, 0.15) is 5.75 Å². The fraction of sp³-hybridized carbons (Fsp3) is 0.417. The van der Waals surface area contributed by atoms with Crippen molar-refractivity contribution in [3.8, 4) is 5.75 Å². The van der Waals surface area contributed by atoms with E-state index in [0.29, 0.717) is 6.61 Å². The Morgan fingerprint density at radius 2 is 2.06 bits per heavy atom. The van der Waals surface area contributed by atoms with Crippen molar-refractivity contribution >= 4 is 17.4 Å². The summed E-state index contributed by atoms with van der Waals surface area (Å²) in [5, 5.41) is 0.00111. The number of ketones is 1. The standard InChI is InChI=1S/C12H12ClF3O2/c1-2-3-6-18-10-5-4-8(7-9(10)13)11(17)12(14,15)16/h4-5,7H,2-3,6H2,1H3. The van der Waals surface area contributed by atoms with E-state index in [1.807, 2.05) is 6.92 Å². The quantitative estimate of drug-likeness (QED) is 0.595. The van der Waals surface area contributed by atoms with Crippen LogP contribution >= 0.6 is 11.6 Å². The topological polar surface area (TPSA) is 26.3 Å². The van der Waals surface area contributed by atoms with Crippen LogP contribution in [-0.4, -0.2) is 18.6 Å². The zero-order chi connectivity index (χ0) is 13.8. The number of alkyl halides is 3. The molecule has 0 amide bonds. The van der Waals surface area contributed by atoms with E-state index in [-0.39, 0.29) is 10.8 Å². The molecule has 6 heteroatoms. The van der Waals surface area contributed by atoms with Gasteiger partial charge >= 0.3 is 6.18 Å². The van der Waals surface area contributed by atoms with E-state index < -0.39 is 17.5 Å². The van der Waals surface area contributed by atoms with Gasteiger partial charge in [-0.1, -0.05) is 24.9 Å². The van der Waals surface area contributed by atoms with Gasteiger partial charge in [-0.05, 0) is 24.6 Å². The van der Waals surface area contributed by atoms with Gasteiger partial charge in [-0.25, -0.2) is 0 Å². The number of halogens is 4. The molecule has 18 heavy (non-hydrogen) atoms. The first kappa shape index (κ1) is 14.8. The minimum atomic E-state index is -4.89. The van der Waals surface area contributed by atoms with Crippen LogP contribution in [0.15, 0.2) is 18.2 Å². The molecule has 0 saturated carbocycles. The molecule has 0 aliphatic carbocycles. The molecule has 1 aromatic rings. The van der Waals surface area contributed by atoms with Gasteiger partial charge in [-0.2, -0.15) is 13.2 Å². The Morgan fingerprint density at radius 3 is 2.56 bits per heavy atom. The Morgan fingerprint density at radius 1 is 1.39 bits per heavy atom. The van der Waals surface area contributed by atoms with Gasteiger partial charge in [0.2, 0.25) is 0 Å². The summed E-state index contributed by atoms with van der Waals surface area (Å²) in [4.78, 5) is 11.0. The molecule has 0 aliphatic rings. The highest BCUT2D eigenvalue weighted by molar-refractivity contribution is 6.32. The average molecular weight is 281 g/mol. The van der Waals surface area contributed by atoms with E-state index in [4.69, 9.17) is 16.3 Å². The molecule has 0 heterocycles. The maximum absolute atomic E-state index is 12.2. The molecule has 0 N–H and O–H groups in total. The van der Waals surface area contributed by atoms with E-state index >= 15 is 0 Å². The first-order valence-corrected chi connectivity index (χ1v) is 5.78. The van der Waals surface area contributed by atoms with Gasteiger partial charge in [0.05, 0.1) is 11.6 Å². The number of carbonyl (C=O) groups excluding carboxylic acids is 1. The molecule has 0 aromatic heterocycles. The zero-order valence-electron chi connectivity index (χ0n) is 9.68. The smallest absolute Gasteiger partial charge is 0.454 e. The Bertz CT molecular complexity index is 430. The number of ether oxygens (including phenoxy) is 1. The minimum absolute atomic E-state index is 0.00111. The van der Waals surface area contributed by atoms with Crippen molar-refractivity contribution in [2.45, 2.75) is 25.9 Å². The van der Waals surface area contributed by atoms with Crippen LogP contribution in [0.1, 0.15) is 30.1 Å². The predicted octanol–water partition coefficient (Wildman–Crippen LogP) is 4.26. The molecule has 0 radical (unpaired) electrons. The van der Waals surface area contributed by atoms with Crippen molar-refractivity contribution in [2.75, 3.05) is 6.61 Å². The molecule has 1 aromatic carbocycles. The van der Waals surface area contributed by atoms with Crippen molar-refractivity contribution in [1.29, 1.82) is 0 Å². The lowest BCUT2D eigenvalue weighted by Gasteiger charge is -2.09. The molecule has 0 saturated heterocycles. The number of hydrogen-bond acceptors (Lipinski definition) is 2. The normalized spacial score (nSPS) is 11.4. The third-order valence-corrected chi connectivity index (χ3v) is 2.50. The second-order valence-electron chi connectivity index (χ2n) is 3.67. The Balaban J connectivity index is 2.82. The molecule has 1 rings (SSSR count). The predicted molar refractivity (Wildman–Crippen MR) is 62.2 cm³/mol. The second kappa shape index (κ2) is 6.09. The largest absolute Gasteiger partial charge is 0.492 e. The number of benzene rings is 1. The summed E-state index contributed by atoms with van der Waals surface area (Å²) in [6.45, 7) is 2.42. The summed E-state index contributed by atoms with van der Waals surface area (Å²) in [7, 11) is 0. The van der Waals surface area contributed by atoms with Crippen LogP contribution in [0, 0.1) is 0 Å². The highest BCUT2D eigenvalue weighted by atomic mass is 35.5. The maximum Gasteiger partial charge on any atom is 0.454 e.